The van der Waals surface area contributed by atoms with Gasteiger partial charge in [-0.15, -0.1) is 0 Å². The van der Waals surface area contributed by atoms with Gasteiger partial charge in [-0.25, -0.2) is 4.79 Å². The van der Waals surface area contributed by atoms with Crippen LogP contribution >= 0.6 is 0 Å². The fourth-order valence-corrected chi connectivity index (χ4v) is 4.70. The molecule has 11 nitrogen and oxygen atoms in total. The molecule has 1 saturated heterocycles. The number of nitrogens with one attached hydrogen (secondary N) is 1. The van der Waals surface area contributed by atoms with Crippen molar-refractivity contribution in [3.63, 3.8) is 0 Å². The number of amides is 1. The predicted octanol–water partition coefficient (Wildman–Crippen LogP) is 0.0944. The lowest BCUT2D eigenvalue weighted by atomic mass is 9.68. The van der Waals surface area contributed by atoms with Crippen molar-refractivity contribution in [2.75, 3.05) is 32.8 Å². The lowest BCUT2D eigenvalue weighted by Crippen LogP contribution is -2.51. The van der Waals surface area contributed by atoms with Crippen LogP contribution in [0.25, 0.3) is 0 Å². The Balaban J connectivity index is 1.73. The van der Waals surface area contributed by atoms with Crippen LogP contribution in [0.2, 0.25) is 0 Å². The van der Waals surface area contributed by atoms with Crippen molar-refractivity contribution in [1.29, 1.82) is 0 Å². The van der Waals surface area contributed by atoms with E-state index in [0.717, 1.165) is 25.8 Å². The zero-order chi connectivity index (χ0) is 23.7. The maximum atomic E-state index is 12.5. The molecule has 1 aliphatic heterocycles. The molecular weight excluding hydrogens is 418 g/mol. The Labute approximate surface area is 189 Å². The lowest BCUT2D eigenvalue weighted by Gasteiger charge is -2.43. The smallest absolute Gasteiger partial charge is 0.409 e. The van der Waals surface area contributed by atoms with Gasteiger partial charge in [0.1, 0.15) is 6.04 Å². The average Bonchev–Trinajstić information content (AvgIpc) is 2.78. The van der Waals surface area contributed by atoms with E-state index in [1.165, 1.54) is 0 Å². The number of hydrazone groups is 1. The quantitative estimate of drug-likeness (QED) is 0.0579. The van der Waals surface area contributed by atoms with Gasteiger partial charge in [-0.1, -0.05) is 0 Å². The van der Waals surface area contributed by atoms with Crippen LogP contribution in [0.3, 0.4) is 0 Å². The van der Waals surface area contributed by atoms with Crippen LogP contribution in [-0.2, 0) is 14.3 Å². The molecule has 0 spiro atoms. The largest absolute Gasteiger partial charge is 0.464 e. The Hall–Kier alpha value is -2.11. The van der Waals surface area contributed by atoms with Crippen molar-refractivity contribution in [2.45, 2.75) is 64.2 Å². The number of carbonyl (C=O) groups is 2. The van der Waals surface area contributed by atoms with E-state index >= 15 is 0 Å². The Morgan fingerprint density at radius 2 is 1.81 bits per heavy atom. The SMILES string of the molecule is CCN(CC)C(=O)OCCCOC(=O)C1CC2CC(CC(O)(O)/C(N)=N/N)CCC2CN1. The number of hydrogen-bond acceptors (Lipinski definition) is 9. The predicted molar refractivity (Wildman–Crippen MR) is 118 cm³/mol. The van der Waals surface area contributed by atoms with Gasteiger partial charge in [0.05, 0.1) is 13.2 Å². The molecule has 1 saturated carbocycles. The van der Waals surface area contributed by atoms with Crippen molar-refractivity contribution in [2.24, 2.45) is 34.4 Å². The molecule has 1 amide bonds. The summed E-state index contributed by atoms with van der Waals surface area (Å²) in [6.45, 7) is 6.07. The van der Waals surface area contributed by atoms with Crippen molar-refractivity contribution < 1.29 is 29.3 Å². The zero-order valence-electron chi connectivity index (χ0n) is 19.2. The highest BCUT2D eigenvalue weighted by Gasteiger charge is 2.41. The molecule has 4 atom stereocenters. The summed E-state index contributed by atoms with van der Waals surface area (Å²) in [5, 5.41) is 26.7. The Morgan fingerprint density at radius 3 is 2.47 bits per heavy atom. The third kappa shape index (κ3) is 7.21. The standard InChI is InChI=1S/C21H39N5O6/c1-3-26(4-2)20(28)32-9-5-8-31-18(27)17-11-16-10-14(6-7-15(16)13-24-17)12-21(29,30)19(22)25-23/h14-17,24,29-30H,3-13,23H2,1-2H3,(H2,22,25). The van der Waals surface area contributed by atoms with E-state index in [2.05, 4.69) is 10.4 Å². The molecule has 4 unspecified atom stereocenters. The third-order valence-electron chi connectivity index (χ3n) is 6.60. The van der Waals surface area contributed by atoms with Crippen LogP contribution in [0.4, 0.5) is 4.79 Å². The third-order valence-corrected chi connectivity index (χ3v) is 6.60. The highest BCUT2D eigenvalue weighted by molar-refractivity contribution is 5.86. The van der Waals surface area contributed by atoms with Crippen LogP contribution in [0.5, 0.6) is 0 Å². The van der Waals surface area contributed by atoms with Gasteiger partial charge in [0, 0.05) is 25.9 Å². The van der Waals surface area contributed by atoms with E-state index < -0.39 is 17.7 Å². The molecule has 0 radical (unpaired) electrons. The molecule has 2 aliphatic rings. The van der Waals surface area contributed by atoms with Crippen LogP contribution in [0.1, 0.15) is 52.4 Å². The summed E-state index contributed by atoms with van der Waals surface area (Å²) in [6, 6.07) is -0.392. The summed E-state index contributed by atoms with van der Waals surface area (Å²) >= 11 is 0. The van der Waals surface area contributed by atoms with E-state index in [1.807, 2.05) is 13.8 Å². The van der Waals surface area contributed by atoms with Gasteiger partial charge in [-0.3, -0.25) is 4.79 Å². The normalized spacial score (nSPS) is 26.2. The molecule has 0 aromatic rings. The minimum atomic E-state index is -2.22. The number of amidine groups is 1. The average molecular weight is 458 g/mol. The van der Waals surface area contributed by atoms with Crippen LogP contribution in [0.15, 0.2) is 5.10 Å². The van der Waals surface area contributed by atoms with E-state index in [4.69, 9.17) is 21.1 Å². The molecule has 32 heavy (non-hydrogen) atoms. The van der Waals surface area contributed by atoms with Crippen LogP contribution in [0, 0.1) is 17.8 Å². The number of piperidine rings is 1. The van der Waals surface area contributed by atoms with Gasteiger partial charge in [0.2, 0.25) is 5.79 Å². The van der Waals surface area contributed by atoms with Crippen LogP contribution in [-0.4, -0.2) is 77.7 Å². The summed E-state index contributed by atoms with van der Waals surface area (Å²) in [6.07, 6.45) is 3.36. The Morgan fingerprint density at radius 1 is 1.12 bits per heavy atom. The zero-order valence-corrected chi connectivity index (χ0v) is 19.2. The molecule has 11 heteroatoms. The minimum absolute atomic E-state index is 0.0572. The van der Waals surface area contributed by atoms with E-state index in [-0.39, 0.29) is 43.5 Å². The molecule has 0 bridgehead atoms. The van der Waals surface area contributed by atoms with Crippen molar-refractivity contribution in [3.05, 3.63) is 0 Å². The number of nitrogens with two attached hydrogens (primary N) is 2. The van der Waals surface area contributed by atoms with Gasteiger partial charge in [0.25, 0.3) is 0 Å². The van der Waals surface area contributed by atoms with Gasteiger partial charge in [-0.05, 0) is 63.8 Å². The fraction of sp³-hybridized carbons (Fsp3) is 0.857. The lowest BCUT2D eigenvalue weighted by molar-refractivity contribution is -0.148. The molecule has 1 heterocycles. The van der Waals surface area contributed by atoms with E-state index in [9.17, 15) is 19.8 Å². The first-order chi connectivity index (χ1) is 15.2. The van der Waals surface area contributed by atoms with E-state index in [0.29, 0.717) is 31.8 Å². The number of esters is 1. The van der Waals surface area contributed by atoms with Gasteiger partial charge in [0.15, 0.2) is 5.84 Å². The number of fused-ring (bicyclic) bond motifs is 1. The molecule has 0 aromatic carbocycles. The minimum Gasteiger partial charge on any atom is -0.464 e. The van der Waals surface area contributed by atoms with Crippen molar-refractivity contribution in [1.82, 2.24) is 10.2 Å². The van der Waals surface area contributed by atoms with Gasteiger partial charge < -0.3 is 41.5 Å². The van der Waals surface area contributed by atoms with Crippen molar-refractivity contribution >= 4 is 17.9 Å². The fourth-order valence-electron chi connectivity index (χ4n) is 4.70. The number of ether oxygens (including phenoxy) is 2. The molecule has 184 valence electrons. The first kappa shape index (κ1) is 26.1. The first-order valence-electron chi connectivity index (χ1n) is 11.5. The summed E-state index contributed by atoms with van der Waals surface area (Å²) in [4.78, 5) is 25.9. The van der Waals surface area contributed by atoms with Gasteiger partial charge >= 0.3 is 12.1 Å². The highest BCUT2D eigenvalue weighted by atomic mass is 16.6. The number of nitrogens with zero attached hydrogens (tertiary/aromatic N) is 2. The summed E-state index contributed by atoms with van der Waals surface area (Å²) < 4.78 is 10.6. The van der Waals surface area contributed by atoms with E-state index in [1.54, 1.807) is 4.90 Å². The molecule has 0 aromatic heterocycles. The van der Waals surface area contributed by atoms with Gasteiger partial charge in [-0.2, -0.15) is 5.10 Å². The Bertz CT molecular complexity index is 655. The first-order valence-corrected chi connectivity index (χ1v) is 11.5. The number of aliphatic hydroxyl groups is 2. The highest BCUT2D eigenvalue weighted by Crippen LogP contribution is 2.41. The summed E-state index contributed by atoms with van der Waals surface area (Å²) in [5.41, 5.74) is 5.50. The number of hydrogen-bond donors (Lipinski definition) is 5. The second-order valence-electron chi connectivity index (χ2n) is 8.74. The molecule has 1 aliphatic carbocycles. The molecule has 2 fully saturated rings. The molecule has 7 N–H and O–H groups in total. The van der Waals surface area contributed by atoms with Crippen molar-refractivity contribution in [3.8, 4) is 0 Å². The molecular formula is C21H39N5O6. The summed E-state index contributed by atoms with van der Waals surface area (Å²) in [7, 11) is 0. The Kier molecular flexibility index (Phi) is 9.98. The topological polar surface area (TPSA) is 173 Å². The maximum Gasteiger partial charge on any atom is 0.409 e. The number of carbonyl (C=O) groups excluding carboxylic acids is 2. The second kappa shape index (κ2) is 12.2. The summed E-state index contributed by atoms with van der Waals surface area (Å²) in [5.74, 6) is 2.95. The van der Waals surface area contributed by atoms with Crippen LogP contribution < -0.4 is 16.9 Å². The molecule has 2 rings (SSSR count). The monoisotopic (exact) mass is 457 g/mol. The second-order valence-corrected chi connectivity index (χ2v) is 8.74. The number of rotatable bonds is 10. The maximum absolute atomic E-state index is 12.5.